The second-order valence-electron chi connectivity index (χ2n) is 7.81. The number of benzene rings is 1. The van der Waals surface area contributed by atoms with Crippen molar-refractivity contribution in [3.8, 4) is 0 Å². The third kappa shape index (κ3) is 4.95. The van der Waals surface area contributed by atoms with Gasteiger partial charge in [-0.05, 0) is 36.4 Å². The van der Waals surface area contributed by atoms with E-state index in [1.807, 2.05) is 37.2 Å². The zero-order valence-corrected chi connectivity index (χ0v) is 18.6. The number of nitrogens with one attached hydrogen (secondary N) is 1. The van der Waals surface area contributed by atoms with E-state index in [2.05, 4.69) is 33.2 Å². The topological polar surface area (TPSA) is 70.5 Å². The van der Waals surface area contributed by atoms with E-state index in [-0.39, 0.29) is 24.2 Å². The Kier molecular flexibility index (Phi) is 6.77. The first kappa shape index (κ1) is 22.5. The van der Waals surface area contributed by atoms with Crippen LogP contribution < -0.4 is 5.32 Å². The van der Waals surface area contributed by atoms with Gasteiger partial charge in [0.2, 0.25) is 11.8 Å². The largest absolute Gasteiger partial charge is 0.350 e. The highest BCUT2D eigenvalue weighted by Crippen LogP contribution is 2.22. The van der Waals surface area contributed by atoms with E-state index < -0.39 is 0 Å². The Morgan fingerprint density at radius 1 is 1.26 bits per heavy atom. The molecule has 1 N–H and O–H groups in total. The molecule has 4 rings (SSSR count). The van der Waals surface area contributed by atoms with Gasteiger partial charge in [0.05, 0.1) is 6.54 Å². The Hall–Kier alpha value is -3.16. The zero-order valence-electron chi connectivity index (χ0n) is 17.8. The van der Waals surface area contributed by atoms with Crippen LogP contribution in [0.5, 0.6) is 0 Å². The van der Waals surface area contributed by atoms with Crippen LogP contribution in [0.15, 0.2) is 48.8 Å². The molecule has 0 bridgehead atoms. The van der Waals surface area contributed by atoms with Crippen LogP contribution in [0.25, 0.3) is 17.0 Å². The summed E-state index contributed by atoms with van der Waals surface area (Å²) in [5, 5.41) is 3.97. The molecule has 1 aliphatic heterocycles. The number of anilines is 1. The fourth-order valence-corrected chi connectivity index (χ4v) is 3.80. The maximum Gasteiger partial charge on any atom is 0.246 e. The molecule has 31 heavy (non-hydrogen) atoms. The van der Waals surface area contributed by atoms with Gasteiger partial charge in [-0.3, -0.25) is 14.5 Å². The Morgan fingerprint density at radius 3 is 2.84 bits per heavy atom. The first-order valence-corrected chi connectivity index (χ1v) is 9.84. The van der Waals surface area contributed by atoms with Crippen molar-refractivity contribution in [3.63, 3.8) is 0 Å². The molecule has 162 valence electrons. The molecule has 0 aliphatic carbocycles. The molecular weight excluding hydrogens is 414 g/mol. The van der Waals surface area contributed by atoms with Gasteiger partial charge in [-0.1, -0.05) is 18.2 Å². The molecule has 3 aromatic rings. The van der Waals surface area contributed by atoms with Crippen molar-refractivity contribution in [1.82, 2.24) is 19.4 Å². The summed E-state index contributed by atoms with van der Waals surface area (Å²) in [5.74, 6) is 0.432. The Bertz CT molecular complexity index is 1150. The van der Waals surface area contributed by atoms with E-state index in [1.54, 1.807) is 30.3 Å². The van der Waals surface area contributed by atoms with Crippen LogP contribution in [-0.4, -0.2) is 51.8 Å². The number of hydrogen-bond donors (Lipinski definition) is 1. The summed E-state index contributed by atoms with van der Waals surface area (Å²) in [4.78, 5) is 32.4. The molecule has 1 aromatic carbocycles. The Balaban J connectivity index is 0.00000272. The number of carbonyl (C=O) groups excluding carboxylic acids is 2. The highest BCUT2D eigenvalue weighted by molar-refractivity contribution is 5.94. The summed E-state index contributed by atoms with van der Waals surface area (Å²) in [6.45, 7) is 1.49. The highest BCUT2D eigenvalue weighted by atomic mass is 35.5. The minimum atomic E-state index is -0.0803. The molecule has 7 nitrogen and oxygen atoms in total. The van der Waals surface area contributed by atoms with Crippen LogP contribution in [0, 0.1) is 0 Å². The number of para-hydroxylation sites is 1. The van der Waals surface area contributed by atoms with Gasteiger partial charge in [0.15, 0.2) is 0 Å². The fraction of sp³-hybridized carbons (Fsp3) is 0.261. The fourth-order valence-electron chi connectivity index (χ4n) is 3.80. The van der Waals surface area contributed by atoms with E-state index in [1.165, 1.54) is 0 Å². The normalized spacial score (nSPS) is 14.1. The lowest BCUT2D eigenvalue weighted by atomic mass is 10.1. The third-order valence-electron chi connectivity index (χ3n) is 5.28. The van der Waals surface area contributed by atoms with Gasteiger partial charge in [-0.2, -0.15) is 0 Å². The summed E-state index contributed by atoms with van der Waals surface area (Å²) < 4.78 is 2.08. The summed E-state index contributed by atoms with van der Waals surface area (Å²) in [7, 11) is 5.70. The second-order valence-corrected chi connectivity index (χ2v) is 7.81. The predicted octanol–water partition coefficient (Wildman–Crippen LogP) is 3.05. The van der Waals surface area contributed by atoms with Crippen molar-refractivity contribution in [2.45, 2.75) is 13.1 Å². The third-order valence-corrected chi connectivity index (χ3v) is 5.28. The molecule has 0 fully saturated rings. The van der Waals surface area contributed by atoms with Crippen LogP contribution in [0.3, 0.4) is 0 Å². The van der Waals surface area contributed by atoms with Crippen molar-refractivity contribution >= 4 is 47.0 Å². The lowest BCUT2D eigenvalue weighted by Crippen LogP contribution is -2.26. The SMILES string of the molecule is CN1CC(=O)Nc2ncc(/C=C/C(=O)N(C)Cc3cn(C)c4ccccc34)cc2C1.Cl. The maximum atomic E-state index is 12.6. The summed E-state index contributed by atoms with van der Waals surface area (Å²) in [5.41, 5.74) is 4.02. The van der Waals surface area contributed by atoms with Gasteiger partial charge in [0.1, 0.15) is 5.82 Å². The number of halogens is 1. The van der Waals surface area contributed by atoms with E-state index in [0.717, 1.165) is 27.6 Å². The molecule has 0 atom stereocenters. The van der Waals surface area contributed by atoms with E-state index in [0.29, 0.717) is 25.5 Å². The number of amides is 2. The molecule has 2 aromatic heterocycles. The zero-order chi connectivity index (χ0) is 21.3. The smallest absolute Gasteiger partial charge is 0.246 e. The van der Waals surface area contributed by atoms with E-state index in [4.69, 9.17) is 0 Å². The second kappa shape index (κ2) is 9.32. The number of fused-ring (bicyclic) bond motifs is 2. The number of carbonyl (C=O) groups is 2. The molecule has 0 unspecified atom stereocenters. The number of likely N-dealkylation sites (N-methyl/N-ethyl adjacent to an activating group) is 2. The maximum absolute atomic E-state index is 12.6. The lowest BCUT2D eigenvalue weighted by molar-refractivity contribution is -0.125. The van der Waals surface area contributed by atoms with Gasteiger partial charge in [0.25, 0.3) is 0 Å². The van der Waals surface area contributed by atoms with Crippen molar-refractivity contribution < 1.29 is 9.59 Å². The molecule has 3 heterocycles. The number of hydrogen-bond acceptors (Lipinski definition) is 4. The number of rotatable bonds is 4. The predicted molar refractivity (Wildman–Crippen MR) is 125 cm³/mol. The first-order valence-electron chi connectivity index (χ1n) is 9.84. The van der Waals surface area contributed by atoms with Crippen molar-refractivity contribution in [1.29, 1.82) is 0 Å². The van der Waals surface area contributed by atoms with Crippen molar-refractivity contribution in [3.05, 3.63) is 65.5 Å². The quantitative estimate of drug-likeness (QED) is 0.634. The number of aromatic nitrogens is 2. The Labute approximate surface area is 187 Å². The van der Waals surface area contributed by atoms with Crippen LogP contribution >= 0.6 is 12.4 Å². The molecule has 0 saturated heterocycles. The summed E-state index contributed by atoms with van der Waals surface area (Å²) >= 11 is 0. The van der Waals surface area contributed by atoms with Gasteiger partial charge < -0.3 is 14.8 Å². The number of aryl methyl sites for hydroxylation is 1. The first-order chi connectivity index (χ1) is 14.4. The highest BCUT2D eigenvalue weighted by Gasteiger charge is 2.17. The molecule has 1 aliphatic rings. The average molecular weight is 440 g/mol. The monoisotopic (exact) mass is 439 g/mol. The molecule has 2 amide bonds. The lowest BCUT2D eigenvalue weighted by Gasteiger charge is -2.14. The van der Waals surface area contributed by atoms with E-state index >= 15 is 0 Å². The van der Waals surface area contributed by atoms with Gasteiger partial charge in [-0.15, -0.1) is 12.4 Å². The number of nitrogens with zero attached hydrogens (tertiary/aromatic N) is 4. The molecular formula is C23H26ClN5O2. The van der Waals surface area contributed by atoms with Crippen LogP contribution in [0.2, 0.25) is 0 Å². The molecule has 0 saturated carbocycles. The van der Waals surface area contributed by atoms with Crippen molar-refractivity contribution in [2.75, 3.05) is 26.0 Å². The van der Waals surface area contributed by atoms with Crippen LogP contribution in [0.4, 0.5) is 5.82 Å². The minimum absolute atomic E-state index is 0. The van der Waals surface area contributed by atoms with Crippen LogP contribution in [-0.2, 0) is 29.7 Å². The van der Waals surface area contributed by atoms with Crippen molar-refractivity contribution in [2.24, 2.45) is 7.05 Å². The van der Waals surface area contributed by atoms with Gasteiger partial charge in [-0.25, -0.2) is 4.98 Å². The summed E-state index contributed by atoms with van der Waals surface area (Å²) in [6, 6.07) is 10.1. The minimum Gasteiger partial charge on any atom is -0.350 e. The molecule has 0 spiro atoms. The standard InChI is InChI=1S/C23H25N5O2.ClH/c1-26-12-17-10-16(11-24-23(17)25-21(29)15-26)8-9-22(30)28(3)14-18-13-27(2)20-7-5-4-6-19(18)20;/h4-11,13H,12,14-15H2,1-3H3,(H,24,25,29);1H/b9-8+;. The van der Waals surface area contributed by atoms with Crippen LogP contribution in [0.1, 0.15) is 16.7 Å². The Morgan fingerprint density at radius 2 is 2.03 bits per heavy atom. The molecule has 8 heteroatoms. The number of pyridine rings is 1. The van der Waals surface area contributed by atoms with Gasteiger partial charge in [0, 0.05) is 62.1 Å². The summed E-state index contributed by atoms with van der Waals surface area (Å²) in [6.07, 6.45) is 7.06. The average Bonchev–Trinajstić information content (AvgIpc) is 2.94. The van der Waals surface area contributed by atoms with Gasteiger partial charge >= 0.3 is 0 Å². The van der Waals surface area contributed by atoms with E-state index in [9.17, 15) is 9.59 Å². The molecule has 0 radical (unpaired) electrons.